The van der Waals surface area contributed by atoms with Gasteiger partial charge in [0.2, 0.25) is 11.8 Å². The first-order valence-corrected chi connectivity index (χ1v) is 9.83. The SMILES string of the molecule is CCC(=O)NC(CCCCNC(=O)CO/N=C/[C@H]([18F])[C@@H](O)[C@H](O)[C@H](O)CC)C(N)=O. The highest BCUT2D eigenvalue weighted by Crippen LogP contribution is 2.09. The van der Waals surface area contributed by atoms with Crippen molar-refractivity contribution in [3.63, 3.8) is 0 Å². The molecule has 0 aliphatic rings. The predicted octanol–water partition coefficient (Wildman–Crippen LogP) is -1.51. The smallest absolute Gasteiger partial charge is 0.260 e. The second-order valence-corrected chi connectivity index (χ2v) is 6.65. The molecule has 0 saturated heterocycles. The third-order valence-corrected chi connectivity index (χ3v) is 4.20. The first kappa shape index (κ1) is 27.7. The molecule has 5 atom stereocenters. The first-order valence-electron chi connectivity index (χ1n) is 9.83. The Morgan fingerprint density at radius 2 is 1.80 bits per heavy atom. The molecule has 0 bridgehead atoms. The lowest BCUT2D eigenvalue weighted by Crippen LogP contribution is -2.44. The van der Waals surface area contributed by atoms with Crippen molar-refractivity contribution in [3.8, 4) is 0 Å². The lowest BCUT2D eigenvalue weighted by molar-refractivity contribution is -0.127. The van der Waals surface area contributed by atoms with Gasteiger partial charge in [0.1, 0.15) is 18.2 Å². The standard InChI is InChI=1S/C18H33FN4O7/c1-3-13(24)17(28)16(27)11(19)9-22-30-10-15(26)21-8-6-5-7-12(18(20)29)23-14(25)4-2/h9,11-13,16-17,24,27-28H,3-8,10H2,1-2H3,(H2,20,29)(H,21,26)(H,23,25)/b22-9+/t11-,12?,13+,16+,17+/m0/s1/i19-1. The van der Waals surface area contributed by atoms with Gasteiger partial charge >= 0.3 is 0 Å². The fourth-order valence-electron chi connectivity index (χ4n) is 2.28. The Hall–Kier alpha value is -2.31. The first-order chi connectivity index (χ1) is 14.1. The van der Waals surface area contributed by atoms with E-state index in [-0.39, 0.29) is 25.3 Å². The van der Waals surface area contributed by atoms with Crippen LogP contribution < -0.4 is 16.4 Å². The van der Waals surface area contributed by atoms with E-state index in [1.807, 2.05) is 0 Å². The fraction of sp³-hybridized carbons (Fsp3) is 0.778. The largest absolute Gasteiger partial charge is 0.390 e. The van der Waals surface area contributed by atoms with E-state index in [4.69, 9.17) is 5.73 Å². The molecule has 3 amide bonds. The summed E-state index contributed by atoms with van der Waals surface area (Å²) < 4.78 is 13.7. The molecule has 12 heteroatoms. The third kappa shape index (κ3) is 11.6. The highest BCUT2D eigenvalue weighted by molar-refractivity contribution is 5.86. The van der Waals surface area contributed by atoms with Crippen molar-refractivity contribution in [2.75, 3.05) is 13.2 Å². The van der Waals surface area contributed by atoms with Crippen LogP contribution in [0.1, 0.15) is 46.0 Å². The molecule has 7 N–H and O–H groups in total. The van der Waals surface area contributed by atoms with Crippen LogP contribution in [0.3, 0.4) is 0 Å². The third-order valence-electron chi connectivity index (χ3n) is 4.20. The molecule has 0 saturated carbocycles. The molecule has 0 aromatic heterocycles. The number of alkyl halides is 1. The summed E-state index contributed by atoms with van der Waals surface area (Å²) in [4.78, 5) is 38.8. The Balaban J connectivity index is 4.03. The molecule has 0 aliphatic carbocycles. The number of aliphatic hydroxyl groups is 3. The molecular weight excluding hydrogens is 402 g/mol. The Morgan fingerprint density at radius 3 is 2.37 bits per heavy atom. The van der Waals surface area contributed by atoms with Gasteiger partial charge in [-0.25, -0.2) is 4.39 Å². The average Bonchev–Trinajstić information content (AvgIpc) is 2.73. The van der Waals surface area contributed by atoms with Gasteiger partial charge in [0.05, 0.1) is 12.3 Å². The quantitative estimate of drug-likeness (QED) is 0.0966. The maximum atomic E-state index is 13.7. The maximum Gasteiger partial charge on any atom is 0.260 e. The van der Waals surface area contributed by atoms with Crippen LogP contribution in [0.25, 0.3) is 0 Å². The molecule has 0 heterocycles. The molecule has 0 fully saturated rings. The number of halogens is 1. The van der Waals surface area contributed by atoms with E-state index in [1.165, 1.54) is 0 Å². The Bertz CT molecular complexity index is 565. The summed E-state index contributed by atoms with van der Waals surface area (Å²) in [6.45, 7) is 3.01. The Kier molecular flexibility index (Phi) is 14.3. The van der Waals surface area contributed by atoms with Crippen molar-refractivity contribution in [3.05, 3.63) is 0 Å². The average molecular weight is 435 g/mol. The van der Waals surface area contributed by atoms with Gasteiger partial charge in [-0.2, -0.15) is 0 Å². The summed E-state index contributed by atoms with van der Waals surface area (Å²) in [5, 5.41) is 36.7. The maximum absolute atomic E-state index is 13.7. The Labute approximate surface area is 174 Å². The van der Waals surface area contributed by atoms with Gasteiger partial charge in [-0.3, -0.25) is 14.4 Å². The van der Waals surface area contributed by atoms with Gasteiger partial charge in [-0.1, -0.05) is 19.0 Å². The molecule has 1 unspecified atom stereocenters. The Morgan fingerprint density at radius 1 is 1.13 bits per heavy atom. The summed E-state index contributed by atoms with van der Waals surface area (Å²) in [6, 6.07) is -0.758. The second-order valence-electron chi connectivity index (χ2n) is 6.65. The number of amides is 3. The highest BCUT2D eigenvalue weighted by Gasteiger charge is 2.29. The lowest BCUT2D eigenvalue weighted by Gasteiger charge is -2.22. The van der Waals surface area contributed by atoms with E-state index < -0.39 is 48.9 Å². The van der Waals surface area contributed by atoms with Crippen LogP contribution in [0, 0.1) is 0 Å². The van der Waals surface area contributed by atoms with Crippen molar-refractivity contribution < 1.29 is 38.9 Å². The lowest BCUT2D eigenvalue weighted by atomic mass is 10.0. The van der Waals surface area contributed by atoms with Crippen LogP contribution in [-0.4, -0.2) is 82.9 Å². The number of hydrogen-bond acceptors (Lipinski definition) is 8. The topological polar surface area (TPSA) is 184 Å². The van der Waals surface area contributed by atoms with Crippen LogP contribution in [0.15, 0.2) is 5.16 Å². The van der Waals surface area contributed by atoms with Crippen molar-refractivity contribution in [1.29, 1.82) is 0 Å². The summed E-state index contributed by atoms with van der Waals surface area (Å²) in [5.74, 6) is -1.42. The van der Waals surface area contributed by atoms with Gasteiger partial charge < -0.3 is 36.5 Å². The second kappa shape index (κ2) is 15.5. The number of aliphatic hydroxyl groups excluding tert-OH is 3. The number of carbonyl (C=O) groups is 3. The number of unbranched alkanes of at least 4 members (excludes halogenated alkanes) is 1. The number of carbonyl (C=O) groups excluding carboxylic acids is 3. The number of nitrogens with zero attached hydrogens (tertiary/aromatic N) is 1. The molecule has 0 aromatic rings. The van der Waals surface area contributed by atoms with E-state index in [0.29, 0.717) is 25.5 Å². The van der Waals surface area contributed by atoms with Crippen LogP contribution in [0.4, 0.5) is 4.39 Å². The number of nitrogens with two attached hydrogens (primary N) is 1. The van der Waals surface area contributed by atoms with Gasteiger partial charge in [0, 0.05) is 13.0 Å². The number of hydrogen-bond donors (Lipinski definition) is 6. The van der Waals surface area contributed by atoms with Gasteiger partial charge in [0.25, 0.3) is 5.91 Å². The van der Waals surface area contributed by atoms with E-state index in [9.17, 15) is 34.1 Å². The number of oxime groups is 1. The van der Waals surface area contributed by atoms with Crippen molar-refractivity contribution in [1.82, 2.24) is 10.6 Å². The van der Waals surface area contributed by atoms with Crippen LogP contribution in [0.5, 0.6) is 0 Å². The minimum Gasteiger partial charge on any atom is -0.390 e. The summed E-state index contributed by atoms with van der Waals surface area (Å²) in [7, 11) is 0. The fourth-order valence-corrected chi connectivity index (χ4v) is 2.28. The van der Waals surface area contributed by atoms with Crippen LogP contribution in [0.2, 0.25) is 0 Å². The minimum atomic E-state index is -2.09. The normalized spacial score (nSPS) is 16.3. The molecule has 0 radical (unpaired) electrons. The summed E-state index contributed by atoms with van der Waals surface area (Å²) in [6.07, 6.45) is -4.57. The van der Waals surface area contributed by atoms with Crippen molar-refractivity contribution in [2.45, 2.75) is 76.5 Å². The van der Waals surface area contributed by atoms with Crippen molar-refractivity contribution >= 4 is 23.9 Å². The highest BCUT2D eigenvalue weighted by atomic mass is 18.2. The molecule has 0 spiro atoms. The van der Waals surface area contributed by atoms with E-state index in [0.717, 1.165) is 0 Å². The molecule has 174 valence electrons. The van der Waals surface area contributed by atoms with Crippen molar-refractivity contribution in [2.24, 2.45) is 10.9 Å². The predicted molar refractivity (Wildman–Crippen MR) is 106 cm³/mol. The van der Waals surface area contributed by atoms with Gasteiger partial charge in [-0.15, -0.1) is 0 Å². The van der Waals surface area contributed by atoms with E-state index >= 15 is 0 Å². The summed E-state index contributed by atoms with van der Waals surface area (Å²) >= 11 is 0. The number of nitrogens with one attached hydrogen (secondary N) is 2. The molecule has 0 aliphatic heterocycles. The zero-order chi connectivity index (χ0) is 23.1. The monoisotopic (exact) mass is 435 g/mol. The molecule has 30 heavy (non-hydrogen) atoms. The molecule has 0 rings (SSSR count). The molecular formula is C18H33FN4O7. The zero-order valence-corrected chi connectivity index (χ0v) is 17.3. The number of primary amides is 1. The zero-order valence-electron chi connectivity index (χ0n) is 17.3. The van der Waals surface area contributed by atoms with Gasteiger partial charge in [-0.05, 0) is 25.7 Å². The molecule has 0 aromatic carbocycles. The van der Waals surface area contributed by atoms with Gasteiger partial charge in [0.15, 0.2) is 12.8 Å². The van der Waals surface area contributed by atoms with E-state index in [2.05, 4.69) is 20.6 Å². The van der Waals surface area contributed by atoms with Crippen LogP contribution >= 0.6 is 0 Å². The number of rotatable bonds is 16. The minimum absolute atomic E-state index is 0.134. The van der Waals surface area contributed by atoms with Crippen LogP contribution in [-0.2, 0) is 19.2 Å². The summed E-state index contributed by atoms with van der Waals surface area (Å²) in [5.41, 5.74) is 5.23. The molecule has 11 nitrogen and oxygen atoms in total. The van der Waals surface area contributed by atoms with E-state index in [1.54, 1.807) is 13.8 Å².